The van der Waals surface area contributed by atoms with Crippen molar-refractivity contribution in [3.05, 3.63) is 65.4 Å². The monoisotopic (exact) mass is 331 g/mol. The SMILES string of the molecule is C=CCNc1cncc(C(=O)Nc2ccccc2Br)c1. The third-order valence-corrected chi connectivity index (χ3v) is 3.26. The molecule has 4 nitrogen and oxygen atoms in total. The first-order chi connectivity index (χ1) is 9.70. The summed E-state index contributed by atoms with van der Waals surface area (Å²) in [6.07, 6.45) is 4.94. The number of carbonyl (C=O) groups is 1. The summed E-state index contributed by atoms with van der Waals surface area (Å²) in [5.74, 6) is -0.202. The molecule has 0 aliphatic carbocycles. The summed E-state index contributed by atoms with van der Waals surface area (Å²) in [4.78, 5) is 16.2. The number of pyridine rings is 1. The van der Waals surface area contributed by atoms with Gasteiger partial charge in [-0.25, -0.2) is 0 Å². The summed E-state index contributed by atoms with van der Waals surface area (Å²) in [6, 6.07) is 9.20. The third kappa shape index (κ3) is 3.68. The number of rotatable bonds is 5. The minimum Gasteiger partial charge on any atom is -0.380 e. The van der Waals surface area contributed by atoms with Crippen molar-refractivity contribution in [2.45, 2.75) is 0 Å². The van der Waals surface area contributed by atoms with Crippen molar-refractivity contribution in [3.63, 3.8) is 0 Å². The highest BCUT2D eigenvalue weighted by atomic mass is 79.9. The molecule has 102 valence electrons. The van der Waals surface area contributed by atoms with Gasteiger partial charge in [0.15, 0.2) is 0 Å². The van der Waals surface area contributed by atoms with Gasteiger partial charge in [-0.3, -0.25) is 9.78 Å². The second kappa shape index (κ2) is 6.86. The van der Waals surface area contributed by atoms with Crippen molar-refractivity contribution in [1.82, 2.24) is 4.98 Å². The van der Waals surface area contributed by atoms with Gasteiger partial charge in [0.1, 0.15) is 0 Å². The topological polar surface area (TPSA) is 54.0 Å². The maximum atomic E-state index is 12.2. The van der Waals surface area contributed by atoms with Crippen LogP contribution >= 0.6 is 15.9 Å². The molecule has 20 heavy (non-hydrogen) atoms. The molecule has 0 spiro atoms. The Morgan fingerprint density at radius 3 is 2.90 bits per heavy atom. The molecule has 0 unspecified atom stereocenters. The number of hydrogen-bond donors (Lipinski definition) is 2. The number of nitrogens with one attached hydrogen (secondary N) is 2. The Balaban J connectivity index is 2.13. The molecule has 0 radical (unpaired) electrons. The number of aromatic nitrogens is 1. The second-order valence-electron chi connectivity index (χ2n) is 4.07. The van der Waals surface area contributed by atoms with Crippen LogP contribution in [0.1, 0.15) is 10.4 Å². The summed E-state index contributed by atoms with van der Waals surface area (Å²) in [7, 11) is 0. The lowest BCUT2D eigenvalue weighted by Crippen LogP contribution is -2.13. The van der Waals surface area contributed by atoms with Crippen LogP contribution in [0.15, 0.2) is 59.9 Å². The van der Waals surface area contributed by atoms with E-state index in [1.165, 1.54) is 6.20 Å². The highest BCUT2D eigenvalue weighted by Gasteiger charge is 2.09. The molecule has 0 atom stereocenters. The van der Waals surface area contributed by atoms with E-state index in [1.807, 2.05) is 24.3 Å². The standard InChI is InChI=1S/C15H14BrN3O/c1-2-7-18-12-8-11(9-17-10-12)15(20)19-14-6-4-3-5-13(14)16/h2-6,8-10,18H,1,7H2,(H,19,20). The largest absolute Gasteiger partial charge is 0.380 e. The van der Waals surface area contributed by atoms with Crippen LogP contribution in [0, 0.1) is 0 Å². The number of benzene rings is 1. The maximum Gasteiger partial charge on any atom is 0.257 e. The van der Waals surface area contributed by atoms with Crippen molar-refractivity contribution >= 4 is 33.2 Å². The molecule has 1 aromatic carbocycles. The number of amides is 1. The van der Waals surface area contributed by atoms with Gasteiger partial charge in [-0.15, -0.1) is 6.58 Å². The maximum absolute atomic E-state index is 12.2. The predicted octanol–water partition coefficient (Wildman–Crippen LogP) is 3.69. The van der Waals surface area contributed by atoms with Crippen LogP contribution in [0.5, 0.6) is 0 Å². The summed E-state index contributed by atoms with van der Waals surface area (Å²) in [5, 5.41) is 5.93. The molecule has 1 heterocycles. The van der Waals surface area contributed by atoms with E-state index in [9.17, 15) is 4.79 Å². The van der Waals surface area contributed by atoms with Gasteiger partial charge in [0.25, 0.3) is 5.91 Å². The fraction of sp³-hybridized carbons (Fsp3) is 0.0667. The zero-order valence-electron chi connectivity index (χ0n) is 10.8. The molecule has 0 fully saturated rings. The summed E-state index contributed by atoms with van der Waals surface area (Å²) in [6.45, 7) is 4.25. The lowest BCUT2D eigenvalue weighted by atomic mass is 10.2. The molecule has 2 N–H and O–H groups in total. The Hall–Kier alpha value is -2.14. The van der Waals surface area contributed by atoms with E-state index in [1.54, 1.807) is 18.3 Å². The Labute approximate surface area is 126 Å². The first-order valence-corrected chi connectivity index (χ1v) is 6.85. The lowest BCUT2D eigenvalue weighted by Gasteiger charge is -2.08. The van der Waals surface area contributed by atoms with Gasteiger partial charge in [-0.2, -0.15) is 0 Å². The average Bonchev–Trinajstić information content (AvgIpc) is 2.48. The molecular formula is C15H14BrN3O. The highest BCUT2D eigenvalue weighted by molar-refractivity contribution is 9.10. The van der Waals surface area contributed by atoms with Crippen LogP contribution in [-0.2, 0) is 0 Å². The molecule has 1 amide bonds. The van der Waals surface area contributed by atoms with E-state index in [4.69, 9.17) is 0 Å². The Morgan fingerprint density at radius 1 is 1.35 bits per heavy atom. The molecule has 0 saturated carbocycles. The quantitative estimate of drug-likeness (QED) is 0.821. The number of carbonyl (C=O) groups excluding carboxylic acids is 1. The molecule has 0 aliphatic rings. The fourth-order valence-electron chi connectivity index (χ4n) is 1.61. The predicted molar refractivity (Wildman–Crippen MR) is 85.0 cm³/mol. The number of hydrogen-bond acceptors (Lipinski definition) is 3. The van der Waals surface area contributed by atoms with Gasteiger partial charge in [0.2, 0.25) is 0 Å². The molecule has 2 aromatic rings. The van der Waals surface area contributed by atoms with Crippen LogP contribution in [0.3, 0.4) is 0 Å². The van der Waals surface area contributed by atoms with Gasteiger partial charge < -0.3 is 10.6 Å². The normalized spacial score (nSPS) is 9.85. The average molecular weight is 332 g/mol. The molecule has 5 heteroatoms. The molecule has 0 aliphatic heterocycles. The van der Waals surface area contributed by atoms with Gasteiger partial charge in [-0.1, -0.05) is 18.2 Å². The molecular weight excluding hydrogens is 318 g/mol. The zero-order chi connectivity index (χ0) is 14.4. The van der Waals surface area contributed by atoms with E-state index in [0.717, 1.165) is 15.8 Å². The van der Waals surface area contributed by atoms with Crippen LogP contribution in [0.4, 0.5) is 11.4 Å². The molecule has 2 rings (SSSR count). The van der Waals surface area contributed by atoms with E-state index in [0.29, 0.717) is 12.1 Å². The summed E-state index contributed by atoms with van der Waals surface area (Å²) >= 11 is 3.39. The number of nitrogens with zero attached hydrogens (tertiary/aromatic N) is 1. The van der Waals surface area contributed by atoms with E-state index < -0.39 is 0 Å². The summed E-state index contributed by atoms with van der Waals surface area (Å²) < 4.78 is 0.835. The van der Waals surface area contributed by atoms with Crippen LogP contribution in [0.2, 0.25) is 0 Å². The highest BCUT2D eigenvalue weighted by Crippen LogP contribution is 2.22. The Kier molecular flexibility index (Phi) is 4.90. The lowest BCUT2D eigenvalue weighted by molar-refractivity contribution is 0.102. The van der Waals surface area contributed by atoms with Gasteiger partial charge in [-0.05, 0) is 34.1 Å². The van der Waals surface area contributed by atoms with Crippen molar-refractivity contribution in [3.8, 4) is 0 Å². The fourth-order valence-corrected chi connectivity index (χ4v) is 1.99. The Morgan fingerprint density at radius 2 is 2.15 bits per heavy atom. The Bertz CT molecular complexity index is 628. The van der Waals surface area contributed by atoms with Crippen molar-refractivity contribution in [1.29, 1.82) is 0 Å². The van der Waals surface area contributed by atoms with Crippen molar-refractivity contribution in [2.75, 3.05) is 17.2 Å². The first kappa shape index (κ1) is 14.3. The van der Waals surface area contributed by atoms with Crippen molar-refractivity contribution in [2.24, 2.45) is 0 Å². The zero-order valence-corrected chi connectivity index (χ0v) is 12.4. The van der Waals surface area contributed by atoms with Crippen LogP contribution in [-0.4, -0.2) is 17.4 Å². The van der Waals surface area contributed by atoms with E-state index >= 15 is 0 Å². The van der Waals surface area contributed by atoms with E-state index in [-0.39, 0.29) is 5.91 Å². The van der Waals surface area contributed by atoms with E-state index in [2.05, 4.69) is 38.1 Å². The second-order valence-corrected chi connectivity index (χ2v) is 4.92. The minimum absolute atomic E-state index is 0.202. The number of para-hydroxylation sites is 1. The van der Waals surface area contributed by atoms with Gasteiger partial charge in [0.05, 0.1) is 16.9 Å². The molecule has 0 bridgehead atoms. The molecule has 1 aromatic heterocycles. The van der Waals surface area contributed by atoms with Crippen LogP contribution < -0.4 is 10.6 Å². The van der Waals surface area contributed by atoms with Gasteiger partial charge >= 0.3 is 0 Å². The minimum atomic E-state index is -0.202. The first-order valence-electron chi connectivity index (χ1n) is 6.06. The third-order valence-electron chi connectivity index (χ3n) is 2.57. The number of anilines is 2. The summed E-state index contributed by atoms with van der Waals surface area (Å²) in [5.41, 5.74) is 2.00. The smallest absolute Gasteiger partial charge is 0.257 e. The van der Waals surface area contributed by atoms with Gasteiger partial charge in [0, 0.05) is 23.4 Å². The molecule has 0 saturated heterocycles. The van der Waals surface area contributed by atoms with Crippen molar-refractivity contribution < 1.29 is 4.79 Å². The van der Waals surface area contributed by atoms with Crippen LogP contribution in [0.25, 0.3) is 0 Å². The number of halogens is 1.